The Bertz CT molecular complexity index is 669. The summed E-state index contributed by atoms with van der Waals surface area (Å²) in [6.07, 6.45) is 1.08. The first-order valence-electron chi connectivity index (χ1n) is 8.23. The van der Waals surface area contributed by atoms with E-state index in [0.29, 0.717) is 12.1 Å². The normalized spacial score (nSPS) is 9.46. The van der Waals surface area contributed by atoms with Gasteiger partial charge in [0.1, 0.15) is 5.75 Å². The molecule has 1 amide bonds. The van der Waals surface area contributed by atoms with Crippen molar-refractivity contribution in [1.29, 1.82) is 0 Å². The van der Waals surface area contributed by atoms with Crippen molar-refractivity contribution in [3.63, 3.8) is 0 Å². The van der Waals surface area contributed by atoms with Gasteiger partial charge in [0.05, 0.1) is 18.4 Å². The van der Waals surface area contributed by atoms with Crippen LogP contribution in [-0.2, 0) is 0 Å². The number of anilines is 2. The van der Waals surface area contributed by atoms with Crippen molar-refractivity contribution >= 4 is 42.1 Å². The predicted octanol–water partition coefficient (Wildman–Crippen LogP) is 4.01. The molecule has 0 aliphatic rings. The fourth-order valence-corrected chi connectivity index (χ4v) is 2.31. The minimum Gasteiger partial charge on any atom is -0.497 e. The zero-order valence-corrected chi connectivity index (χ0v) is 16.7. The summed E-state index contributed by atoms with van der Waals surface area (Å²) in [6.45, 7) is 4.45. The average molecular weight is 400 g/mol. The molecule has 2 aromatic rings. The fraction of sp³-hybridized carbons (Fsp3) is 0.316. The first-order valence-corrected chi connectivity index (χ1v) is 8.23. The van der Waals surface area contributed by atoms with Crippen molar-refractivity contribution < 1.29 is 9.53 Å². The number of hydrogen-bond acceptors (Lipinski definition) is 4. The number of para-hydroxylation sites is 1. The lowest BCUT2D eigenvalue weighted by atomic mass is 10.1. The number of nitrogens with one attached hydrogen (secondary N) is 3. The molecule has 0 saturated heterocycles. The molecule has 7 heteroatoms. The van der Waals surface area contributed by atoms with Gasteiger partial charge >= 0.3 is 0 Å². The number of methoxy groups -OCH3 is 1. The summed E-state index contributed by atoms with van der Waals surface area (Å²) in [5.41, 5.74) is 2.26. The van der Waals surface area contributed by atoms with Gasteiger partial charge in [-0.3, -0.25) is 4.79 Å². The molecule has 2 rings (SSSR count). The zero-order valence-electron chi connectivity index (χ0n) is 15.1. The van der Waals surface area contributed by atoms with Crippen LogP contribution in [0.2, 0.25) is 0 Å². The highest BCUT2D eigenvalue weighted by Gasteiger charge is 2.10. The van der Waals surface area contributed by atoms with E-state index in [1.54, 1.807) is 7.11 Å². The van der Waals surface area contributed by atoms with E-state index in [1.165, 1.54) is 0 Å². The summed E-state index contributed by atoms with van der Waals surface area (Å²) < 4.78 is 5.23. The summed E-state index contributed by atoms with van der Waals surface area (Å²) in [4.78, 5) is 12.4. The Morgan fingerprint density at radius 1 is 1.00 bits per heavy atom. The number of benzene rings is 2. The topological polar surface area (TPSA) is 62.4 Å². The Labute approximate surface area is 167 Å². The summed E-state index contributed by atoms with van der Waals surface area (Å²) in [5, 5.41) is 9.49. The summed E-state index contributed by atoms with van der Waals surface area (Å²) >= 11 is 0. The van der Waals surface area contributed by atoms with E-state index in [1.807, 2.05) is 48.5 Å². The molecule has 5 nitrogen and oxygen atoms in total. The second kappa shape index (κ2) is 13.3. The third-order valence-corrected chi connectivity index (χ3v) is 3.53. The number of carbonyl (C=O) groups excluding carboxylic acids is 1. The molecule has 0 aromatic heterocycles. The molecule has 0 aliphatic heterocycles. The lowest BCUT2D eigenvalue weighted by molar-refractivity contribution is 0.0955. The number of ether oxygens (including phenoxy) is 1. The fourth-order valence-electron chi connectivity index (χ4n) is 2.31. The molecule has 0 spiro atoms. The van der Waals surface area contributed by atoms with Crippen LogP contribution in [0.5, 0.6) is 5.75 Å². The SMILES string of the molecule is CCCNCCNC(=O)c1ccccc1Nc1cccc(OC)c1.Cl.Cl. The molecule has 0 radical (unpaired) electrons. The van der Waals surface area contributed by atoms with E-state index in [0.717, 1.165) is 36.6 Å². The zero-order chi connectivity index (χ0) is 17.2. The van der Waals surface area contributed by atoms with Gasteiger partial charge in [0.2, 0.25) is 0 Å². The van der Waals surface area contributed by atoms with Crippen LogP contribution in [0.25, 0.3) is 0 Å². The largest absolute Gasteiger partial charge is 0.497 e. The second-order valence-corrected chi connectivity index (χ2v) is 5.41. The van der Waals surface area contributed by atoms with Crippen molar-refractivity contribution in [2.24, 2.45) is 0 Å². The van der Waals surface area contributed by atoms with Crippen LogP contribution in [0.15, 0.2) is 48.5 Å². The van der Waals surface area contributed by atoms with E-state index in [2.05, 4.69) is 22.9 Å². The molecular weight excluding hydrogens is 373 g/mol. The molecule has 0 saturated carbocycles. The van der Waals surface area contributed by atoms with Crippen LogP contribution < -0.4 is 20.7 Å². The van der Waals surface area contributed by atoms with Gasteiger partial charge in [-0.1, -0.05) is 25.1 Å². The van der Waals surface area contributed by atoms with Crippen LogP contribution in [0.3, 0.4) is 0 Å². The Hall–Kier alpha value is -1.95. The molecule has 0 heterocycles. The highest BCUT2D eigenvalue weighted by atomic mass is 35.5. The lowest BCUT2D eigenvalue weighted by Crippen LogP contribution is -2.32. The third-order valence-electron chi connectivity index (χ3n) is 3.53. The molecule has 2 aromatic carbocycles. The summed E-state index contributed by atoms with van der Waals surface area (Å²) in [5.74, 6) is 0.684. The Balaban J connectivity index is 0.00000312. The smallest absolute Gasteiger partial charge is 0.253 e. The van der Waals surface area contributed by atoms with Gasteiger partial charge in [0, 0.05) is 24.8 Å². The van der Waals surface area contributed by atoms with Crippen molar-refractivity contribution in [2.45, 2.75) is 13.3 Å². The first-order chi connectivity index (χ1) is 11.7. The highest BCUT2D eigenvalue weighted by molar-refractivity contribution is 6.00. The molecule has 0 bridgehead atoms. The number of rotatable bonds is 9. The van der Waals surface area contributed by atoms with E-state index in [9.17, 15) is 4.79 Å². The van der Waals surface area contributed by atoms with Crippen molar-refractivity contribution in [1.82, 2.24) is 10.6 Å². The maximum atomic E-state index is 12.4. The summed E-state index contributed by atoms with van der Waals surface area (Å²) in [7, 11) is 1.63. The Morgan fingerprint density at radius 3 is 2.50 bits per heavy atom. The quantitative estimate of drug-likeness (QED) is 0.557. The molecule has 0 unspecified atom stereocenters. The monoisotopic (exact) mass is 399 g/mol. The minimum atomic E-state index is -0.0840. The van der Waals surface area contributed by atoms with Gasteiger partial charge in [-0.15, -0.1) is 24.8 Å². The van der Waals surface area contributed by atoms with Gasteiger partial charge in [0.15, 0.2) is 0 Å². The second-order valence-electron chi connectivity index (χ2n) is 5.41. The van der Waals surface area contributed by atoms with Gasteiger partial charge < -0.3 is 20.7 Å². The highest BCUT2D eigenvalue weighted by Crippen LogP contribution is 2.23. The van der Waals surface area contributed by atoms with Gasteiger partial charge in [-0.2, -0.15) is 0 Å². The van der Waals surface area contributed by atoms with Crippen molar-refractivity contribution in [3.05, 3.63) is 54.1 Å². The van der Waals surface area contributed by atoms with Crippen LogP contribution in [0, 0.1) is 0 Å². The predicted molar refractivity (Wildman–Crippen MR) is 113 cm³/mol. The van der Waals surface area contributed by atoms with E-state index in [-0.39, 0.29) is 30.7 Å². The van der Waals surface area contributed by atoms with Gasteiger partial charge in [0.25, 0.3) is 5.91 Å². The molecule has 0 fully saturated rings. The average Bonchev–Trinajstić information content (AvgIpc) is 2.62. The number of hydrogen-bond donors (Lipinski definition) is 3. The molecular formula is C19H27Cl2N3O2. The van der Waals surface area contributed by atoms with Crippen molar-refractivity contribution in [3.8, 4) is 5.75 Å². The number of carbonyl (C=O) groups is 1. The molecule has 26 heavy (non-hydrogen) atoms. The van der Waals surface area contributed by atoms with E-state index in [4.69, 9.17) is 4.74 Å². The van der Waals surface area contributed by atoms with E-state index >= 15 is 0 Å². The standard InChI is InChI=1S/C19H25N3O2.2ClH/c1-3-11-20-12-13-21-19(23)17-9-4-5-10-18(17)22-15-7-6-8-16(14-15)24-2;;/h4-10,14,20,22H,3,11-13H2,1-2H3,(H,21,23);2*1H. The molecule has 0 aliphatic carbocycles. The number of halogens is 2. The maximum absolute atomic E-state index is 12.4. The van der Waals surface area contributed by atoms with Gasteiger partial charge in [-0.05, 0) is 37.2 Å². The van der Waals surface area contributed by atoms with E-state index < -0.39 is 0 Å². The van der Waals surface area contributed by atoms with Gasteiger partial charge in [-0.25, -0.2) is 0 Å². The van der Waals surface area contributed by atoms with Crippen molar-refractivity contribution in [2.75, 3.05) is 32.1 Å². The maximum Gasteiger partial charge on any atom is 0.253 e. The Kier molecular flexibility index (Phi) is 12.3. The lowest BCUT2D eigenvalue weighted by Gasteiger charge is -2.13. The van der Waals surface area contributed by atoms with Crippen LogP contribution in [-0.4, -0.2) is 32.7 Å². The summed E-state index contributed by atoms with van der Waals surface area (Å²) in [6, 6.07) is 15.1. The van der Waals surface area contributed by atoms with Crippen LogP contribution in [0.1, 0.15) is 23.7 Å². The first kappa shape index (κ1) is 24.1. The van der Waals surface area contributed by atoms with Crippen LogP contribution >= 0.6 is 24.8 Å². The molecule has 0 atom stereocenters. The minimum absolute atomic E-state index is 0. The van der Waals surface area contributed by atoms with Crippen LogP contribution in [0.4, 0.5) is 11.4 Å². The molecule has 144 valence electrons. The third kappa shape index (κ3) is 7.52. The molecule has 3 N–H and O–H groups in total. The Morgan fingerprint density at radius 2 is 1.77 bits per heavy atom. The number of amides is 1.